The zero-order valence-corrected chi connectivity index (χ0v) is 18.0. The fraction of sp³-hybridized carbons (Fsp3) is 0.647. The summed E-state index contributed by atoms with van der Waals surface area (Å²) < 4.78 is 2.10. The monoisotopic (exact) mass is 449 g/mol. The Morgan fingerprint density at radius 2 is 2.00 bits per heavy atom. The Morgan fingerprint density at radius 1 is 1.33 bits per heavy atom. The number of rotatable bonds is 6. The molecule has 1 aromatic heterocycles. The molecule has 0 fully saturated rings. The third-order valence-electron chi connectivity index (χ3n) is 3.49. The Labute approximate surface area is 163 Å². The highest BCUT2D eigenvalue weighted by molar-refractivity contribution is 14.0. The van der Waals surface area contributed by atoms with Crippen LogP contribution >= 0.6 is 24.0 Å². The largest absolute Gasteiger partial charge is 0.357 e. The molecule has 0 radical (unpaired) electrons. The molecular weight excluding hydrogens is 417 g/mol. The molecule has 6 nitrogen and oxygen atoms in total. The van der Waals surface area contributed by atoms with E-state index in [9.17, 15) is 4.79 Å². The Morgan fingerprint density at radius 3 is 2.50 bits per heavy atom. The molecule has 0 aliphatic rings. The summed E-state index contributed by atoms with van der Waals surface area (Å²) in [5, 5.41) is 6.20. The summed E-state index contributed by atoms with van der Waals surface area (Å²) in [6.07, 6.45) is 2.04. The number of amides is 1. The third-order valence-corrected chi connectivity index (χ3v) is 3.49. The molecule has 1 aromatic rings. The van der Waals surface area contributed by atoms with E-state index in [0.29, 0.717) is 13.1 Å². The number of halogens is 1. The molecule has 0 aromatic carbocycles. The van der Waals surface area contributed by atoms with Crippen molar-refractivity contribution >= 4 is 35.8 Å². The maximum atomic E-state index is 11.8. The van der Waals surface area contributed by atoms with Crippen molar-refractivity contribution in [3.63, 3.8) is 0 Å². The second-order valence-electron chi connectivity index (χ2n) is 6.71. The van der Waals surface area contributed by atoms with Gasteiger partial charge in [-0.1, -0.05) is 20.8 Å². The van der Waals surface area contributed by atoms with Gasteiger partial charge in [0, 0.05) is 44.5 Å². The van der Waals surface area contributed by atoms with Crippen LogP contribution in [0.3, 0.4) is 0 Å². The minimum absolute atomic E-state index is 0. The number of aliphatic imine (C=N–C) groups is 1. The zero-order chi connectivity index (χ0) is 17.5. The number of guanidine groups is 1. The van der Waals surface area contributed by atoms with Crippen LogP contribution in [0.25, 0.3) is 0 Å². The normalized spacial score (nSPS) is 11.7. The van der Waals surface area contributed by atoms with E-state index < -0.39 is 0 Å². The van der Waals surface area contributed by atoms with Crippen LogP contribution in [0.15, 0.2) is 23.3 Å². The number of hydrogen-bond donors (Lipinski definition) is 2. The van der Waals surface area contributed by atoms with E-state index in [1.54, 1.807) is 0 Å². The van der Waals surface area contributed by atoms with Crippen LogP contribution in [0, 0.1) is 5.41 Å². The van der Waals surface area contributed by atoms with Gasteiger partial charge in [0.05, 0.1) is 13.1 Å². The maximum Gasteiger partial charge on any atom is 0.225 e. The second-order valence-corrected chi connectivity index (χ2v) is 6.71. The van der Waals surface area contributed by atoms with E-state index in [4.69, 9.17) is 0 Å². The highest BCUT2D eigenvalue weighted by atomic mass is 127. The molecule has 1 rings (SSSR count). The lowest BCUT2D eigenvalue weighted by molar-refractivity contribution is -0.128. The highest BCUT2D eigenvalue weighted by Crippen LogP contribution is 2.11. The zero-order valence-electron chi connectivity index (χ0n) is 15.7. The molecule has 24 heavy (non-hydrogen) atoms. The highest BCUT2D eigenvalue weighted by Gasteiger charge is 2.20. The van der Waals surface area contributed by atoms with Crippen molar-refractivity contribution in [1.29, 1.82) is 0 Å². The molecule has 0 spiro atoms. The van der Waals surface area contributed by atoms with Crippen molar-refractivity contribution in [2.24, 2.45) is 17.5 Å². The molecule has 0 aliphatic carbocycles. The van der Waals surface area contributed by atoms with Crippen LogP contribution in [-0.2, 0) is 18.4 Å². The van der Waals surface area contributed by atoms with Gasteiger partial charge in [0.1, 0.15) is 0 Å². The third kappa shape index (κ3) is 7.55. The minimum Gasteiger partial charge on any atom is -0.357 e. The van der Waals surface area contributed by atoms with Gasteiger partial charge >= 0.3 is 0 Å². The Kier molecular flexibility index (Phi) is 10.0. The Hall–Kier alpha value is -1.25. The first-order valence-electron chi connectivity index (χ1n) is 8.13. The second kappa shape index (κ2) is 10.6. The Balaban J connectivity index is 0.00000529. The van der Waals surface area contributed by atoms with Gasteiger partial charge < -0.3 is 20.1 Å². The van der Waals surface area contributed by atoms with E-state index in [1.165, 1.54) is 5.69 Å². The Bertz CT molecular complexity index is 533. The van der Waals surface area contributed by atoms with Crippen LogP contribution in [0.1, 0.15) is 33.4 Å². The van der Waals surface area contributed by atoms with Gasteiger partial charge in [-0.2, -0.15) is 0 Å². The average Bonchev–Trinajstić information content (AvgIpc) is 2.86. The summed E-state index contributed by atoms with van der Waals surface area (Å²) in [4.78, 5) is 18.5. The molecule has 0 unspecified atom stereocenters. The number of nitrogens with zero attached hydrogens (tertiary/aromatic N) is 3. The average molecular weight is 449 g/mol. The first-order chi connectivity index (χ1) is 10.8. The van der Waals surface area contributed by atoms with E-state index in [-0.39, 0.29) is 35.3 Å². The molecule has 0 atom stereocenters. The maximum absolute atomic E-state index is 11.8. The van der Waals surface area contributed by atoms with Gasteiger partial charge in [-0.25, -0.2) is 0 Å². The van der Waals surface area contributed by atoms with Crippen LogP contribution in [-0.4, -0.2) is 48.0 Å². The standard InChI is InChI=1S/C17H31N5O.HI/c1-7-18-16(20-11-10-19-15(23)17(2,3)4)22(6)13-14-9-8-12-21(14)5;/h8-9,12H,7,10-11,13H2,1-6H3,(H,18,20)(H,19,23);1H. The van der Waals surface area contributed by atoms with Gasteiger partial charge in [-0.15, -0.1) is 24.0 Å². The summed E-state index contributed by atoms with van der Waals surface area (Å²) in [7, 11) is 4.05. The van der Waals surface area contributed by atoms with Gasteiger partial charge in [-0.05, 0) is 19.1 Å². The summed E-state index contributed by atoms with van der Waals surface area (Å²) >= 11 is 0. The molecule has 0 bridgehead atoms. The summed E-state index contributed by atoms with van der Waals surface area (Å²) in [5.74, 6) is 0.897. The van der Waals surface area contributed by atoms with Gasteiger partial charge in [0.15, 0.2) is 5.96 Å². The van der Waals surface area contributed by atoms with Gasteiger partial charge in [0.25, 0.3) is 0 Å². The molecule has 138 valence electrons. The lowest BCUT2D eigenvalue weighted by Crippen LogP contribution is -2.40. The van der Waals surface area contributed by atoms with E-state index in [0.717, 1.165) is 19.0 Å². The number of carbonyl (C=O) groups excluding carboxylic acids is 1. The number of aromatic nitrogens is 1. The van der Waals surface area contributed by atoms with Crippen molar-refractivity contribution < 1.29 is 4.79 Å². The number of aryl methyl sites for hydroxylation is 1. The lowest BCUT2D eigenvalue weighted by Gasteiger charge is -2.22. The predicted octanol–water partition coefficient (Wildman–Crippen LogP) is 2.20. The van der Waals surface area contributed by atoms with Crippen molar-refractivity contribution in [1.82, 2.24) is 20.1 Å². The van der Waals surface area contributed by atoms with E-state index in [2.05, 4.69) is 31.2 Å². The van der Waals surface area contributed by atoms with Gasteiger partial charge in [0.2, 0.25) is 5.91 Å². The molecule has 0 saturated carbocycles. The van der Waals surface area contributed by atoms with Crippen molar-refractivity contribution in [2.75, 3.05) is 26.7 Å². The number of carbonyl (C=O) groups is 1. The predicted molar refractivity (Wildman–Crippen MR) is 111 cm³/mol. The topological polar surface area (TPSA) is 61.7 Å². The number of hydrogen-bond acceptors (Lipinski definition) is 2. The van der Waals surface area contributed by atoms with Crippen LogP contribution in [0.2, 0.25) is 0 Å². The summed E-state index contributed by atoms with van der Waals surface area (Å²) in [6.45, 7) is 10.5. The fourth-order valence-corrected chi connectivity index (χ4v) is 2.04. The quantitative estimate of drug-likeness (QED) is 0.303. The van der Waals surface area contributed by atoms with E-state index >= 15 is 0 Å². The molecule has 1 amide bonds. The van der Waals surface area contributed by atoms with Crippen LogP contribution in [0.4, 0.5) is 0 Å². The fourth-order valence-electron chi connectivity index (χ4n) is 2.04. The first kappa shape index (κ1) is 22.8. The summed E-state index contributed by atoms with van der Waals surface area (Å²) in [6, 6.07) is 4.14. The smallest absolute Gasteiger partial charge is 0.225 e. The van der Waals surface area contributed by atoms with Crippen molar-refractivity contribution in [3.8, 4) is 0 Å². The van der Waals surface area contributed by atoms with Crippen molar-refractivity contribution in [2.45, 2.75) is 34.2 Å². The summed E-state index contributed by atoms with van der Waals surface area (Å²) in [5.41, 5.74) is 0.858. The molecule has 7 heteroatoms. The van der Waals surface area contributed by atoms with E-state index in [1.807, 2.05) is 54.1 Å². The molecule has 0 saturated heterocycles. The van der Waals surface area contributed by atoms with Crippen molar-refractivity contribution in [3.05, 3.63) is 24.0 Å². The van der Waals surface area contributed by atoms with Crippen LogP contribution in [0.5, 0.6) is 0 Å². The molecular formula is C17H32IN5O. The lowest BCUT2D eigenvalue weighted by atomic mass is 9.96. The van der Waals surface area contributed by atoms with Gasteiger partial charge in [-0.3, -0.25) is 9.79 Å². The SMILES string of the molecule is CCNC(=NCCNC(=O)C(C)(C)C)N(C)Cc1cccn1C.I. The first-order valence-corrected chi connectivity index (χ1v) is 8.13. The minimum atomic E-state index is -0.364. The number of nitrogens with one attached hydrogen (secondary N) is 2. The van der Waals surface area contributed by atoms with Crippen LogP contribution < -0.4 is 10.6 Å². The molecule has 0 aliphatic heterocycles. The molecule has 2 N–H and O–H groups in total. The molecule has 1 heterocycles.